The van der Waals surface area contributed by atoms with E-state index in [9.17, 15) is 35.5 Å². The second-order valence-corrected chi connectivity index (χ2v) is 9.14. The predicted octanol–water partition coefficient (Wildman–Crippen LogP) is -0.622. The van der Waals surface area contributed by atoms with Crippen LogP contribution in [0.2, 0.25) is 0 Å². The molecule has 0 spiro atoms. The third kappa shape index (κ3) is 5.11. The van der Waals surface area contributed by atoms with Gasteiger partial charge in [0, 0.05) is 5.56 Å². The molecule has 0 aliphatic carbocycles. The van der Waals surface area contributed by atoms with Crippen molar-refractivity contribution in [3.8, 4) is 11.1 Å². The number of rotatable bonds is 5. The molecule has 10 nitrogen and oxygen atoms in total. The summed E-state index contributed by atoms with van der Waals surface area (Å²) in [6.07, 6.45) is 0. The Balaban J connectivity index is 0.00000385. The third-order valence-corrected chi connectivity index (χ3v) is 6.39. The van der Waals surface area contributed by atoms with Gasteiger partial charge < -0.3 is 9.47 Å². The number of hydrogen-bond acceptors (Lipinski definition) is 8. The van der Waals surface area contributed by atoms with Crippen molar-refractivity contribution in [3.63, 3.8) is 0 Å². The van der Waals surface area contributed by atoms with Crippen LogP contribution >= 0.6 is 0 Å². The first kappa shape index (κ1) is 26.9. The van der Waals surface area contributed by atoms with Gasteiger partial charge in [0.2, 0.25) is 0 Å². The summed E-state index contributed by atoms with van der Waals surface area (Å²) >= 11 is 0. The second kappa shape index (κ2) is 9.89. The maximum atomic E-state index is 12.7. The molecule has 0 atom stereocenters. The van der Waals surface area contributed by atoms with Gasteiger partial charge in [0.1, 0.15) is 9.79 Å². The minimum atomic E-state index is -5.31. The van der Waals surface area contributed by atoms with Crippen molar-refractivity contribution < 1.29 is 74.6 Å². The van der Waals surface area contributed by atoms with Gasteiger partial charge in [0.05, 0.1) is 25.3 Å². The van der Waals surface area contributed by atoms with E-state index in [1.54, 1.807) is 18.2 Å². The number of carbonyl (C=O) groups excluding carboxylic acids is 2. The Kier molecular flexibility index (Phi) is 8.07. The fourth-order valence-corrected chi connectivity index (χ4v) is 4.91. The Morgan fingerprint density at radius 1 is 0.939 bits per heavy atom. The molecule has 0 aliphatic heterocycles. The molecule has 0 aromatic heterocycles. The first-order chi connectivity index (χ1) is 14.9. The number of esters is 2. The summed E-state index contributed by atoms with van der Waals surface area (Å²) in [7, 11) is -8.70. The Bertz CT molecular complexity index is 1470. The van der Waals surface area contributed by atoms with Gasteiger partial charge in [-0.3, -0.25) is 9.11 Å². The van der Waals surface area contributed by atoms with Crippen LogP contribution in [0.25, 0.3) is 21.9 Å². The van der Waals surface area contributed by atoms with E-state index in [1.165, 1.54) is 18.2 Å². The van der Waals surface area contributed by atoms with Crippen molar-refractivity contribution in [1.82, 2.24) is 0 Å². The summed E-state index contributed by atoms with van der Waals surface area (Å²) in [5, 5.41) is 0.890. The van der Waals surface area contributed by atoms with E-state index in [0.717, 1.165) is 14.2 Å². The first-order valence-electron chi connectivity index (χ1n) is 8.63. The molecule has 168 valence electrons. The molecule has 3 aromatic carbocycles. The van der Waals surface area contributed by atoms with Gasteiger partial charge in [-0.1, -0.05) is 23.8 Å². The third-order valence-electron chi connectivity index (χ3n) is 4.57. The van der Waals surface area contributed by atoms with Crippen LogP contribution in [0.5, 0.6) is 0 Å². The maximum Gasteiger partial charge on any atom is 1.00 e. The number of ether oxygens (including phenoxy) is 2. The van der Waals surface area contributed by atoms with Crippen molar-refractivity contribution >= 4 is 42.9 Å². The van der Waals surface area contributed by atoms with Crippen molar-refractivity contribution in [2.24, 2.45) is 0 Å². The van der Waals surface area contributed by atoms with E-state index in [1.807, 2.05) is 0 Å². The molecule has 0 saturated carbocycles. The van der Waals surface area contributed by atoms with Crippen molar-refractivity contribution in [2.75, 3.05) is 14.2 Å². The number of methoxy groups -OCH3 is 2. The molecule has 33 heavy (non-hydrogen) atoms. The Morgan fingerprint density at radius 2 is 1.58 bits per heavy atom. The quantitative estimate of drug-likeness (QED) is 0.199. The average molecular weight is 502 g/mol. The molecule has 0 heterocycles. The molecule has 0 fully saturated rings. The molecule has 13 heteroatoms. The molecule has 0 radical (unpaired) electrons. The van der Waals surface area contributed by atoms with E-state index >= 15 is 0 Å². The van der Waals surface area contributed by atoms with Gasteiger partial charge in [-0.2, -0.15) is 41.1 Å². The Labute approximate surface area is 211 Å². The van der Waals surface area contributed by atoms with E-state index in [-0.39, 0.29) is 35.1 Å². The molecular formula is C20H15NaO10S2. The topological polar surface area (TPSA) is 161 Å². The minimum absolute atomic E-state index is 0. The Morgan fingerprint density at radius 3 is 2.12 bits per heavy atom. The summed E-state index contributed by atoms with van der Waals surface area (Å²) in [6.45, 7) is 0. The van der Waals surface area contributed by atoms with Crippen LogP contribution in [0.1, 0.15) is 20.7 Å². The monoisotopic (exact) mass is 502 g/mol. The first-order valence-corrected chi connectivity index (χ1v) is 11.5. The maximum absolute atomic E-state index is 12.7. The normalized spacial score (nSPS) is 11.5. The van der Waals surface area contributed by atoms with Crippen molar-refractivity contribution in [2.45, 2.75) is 9.79 Å². The molecule has 0 bridgehead atoms. The summed E-state index contributed by atoms with van der Waals surface area (Å²) in [5.74, 6) is -2.77. The summed E-state index contributed by atoms with van der Waals surface area (Å²) in [4.78, 5) is 22.8. The summed E-state index contributed by atoms with van der Waals surface area (Å²) in [6, 6.07) is 12.4. The van der Waals surface area contributed by atoms with Gasteiger partial charge in [-0.15, -0.1) is 10.8 Å². The predicted molar refractivity (Wildman–Crippen MR) is 111 cm³/mol. The molecule has 0 saturated heterocycles. The standard InChI is InChI=1S/C20H15O10S2.Na/c1-29-19(21)14-10-15(31(23,24)25)16(17(20(22)30-2)18(14)32(26,27)28)13-9-5-7-11-6-3-4-8-12(11)13;/h3,5-10H,1-2H3,(H,23,24,25)(H,26,27,28);/q-1;+1. The van der Waals surface area contributed by atoms with Gasteiger partial charge >= 0.3 is 41.5 Å². The fourth-order valence-electron chi connectivity index (χ4n) is 3.31. The molecule has 3 aromatic rings. The molecule has 2 N–H and O–H groups in total. The van der Waals surface area contributed by atoms with Gasteiger partial charge in [0.25, 0.3) is 20.2 Å². The van der Waals surface area contributed by atoms with Crippen LogP contribution in [0, 0.1) is 6.07 Å². The van der Waals surface area contributed by atoms with E-state index in [2.05, 4.69) is 15.5 Å². The summed E-state index contributed by atoms with van der Waals surface area (Å²) < 4.78 is 77.9. The van der Waals surface area contributed by atoms with E-state index in [0.29, 0.717) is 16.8 Å². The Hall–Kier alpha value is -2.32. The molecule has 0 aliphatic rings. The zero-order valence-corrected chi connectivity index (χ0v) is 21.2. The van der Waals surface area contributed by atoms with E-state index in [4.69, 9.17) is 0 Å². The molecular weight excluding hydrogens is 487 g/mol. The van der Waals surface area contributed by atoms with Crippen LogP contribution in [0.3, 0.4) is 0 Å². The van der Waals surface area contributed by atoms with Crippen molar-refractivity contribution in [3.05, 3.63) is 59.7 Å². The second-order valence-electron chi connectivity index (χ2n) is 6.39. The molecule has 3 rings (SSSR count). The SMILES string of the molecule is COC(=O)c1cc(S(=O)(=O)O)c(-c2cccc3cc[c-]cc23)c(C(=O)OC)c1S(=O)(=O)O.[Na+]. The van der Waals surface area contributed by atoms with Crippen molar-refractivity contribution in [1.29, 1.82) is 0 Å². The van der Waals surface area contributed by atoms with Crippen LogP contribution < -0.4 is 29.6 Å². The van der Waals surface area contributed by atoms with Gasteiger partial charge in [0.15, 0.2) is 0 Å². The minimum Gasteiger partial charge on any atom is -0.465 e. The zero-order valence-electron chi connectivity index (χ0n) is 17.5. The van der Waals surface area contributed by atoms with Crippen LogP contribution in [-0.2, 0) is 29.7 Å². The molecule has 0 amide bonds. The van der Waals surface area contributed by atoms with Crippen LogP contribution in [0.15, 0.2) is 52.3 Å². The smallest absolute Gasteiger partial charge is 0.465 e. The van der Waals surface area contributed by atoms with Crippen LogP contribution in [-0.4, -0.2) is 52.1 Å². The van der Waals surface area contributed by atoms with Gasteiger partial charge in [-0.05, 0) is 6.07 Å². The summed E-state index contributed by atoms with van der Waals surface area (Å²) in [5.41, 5.74) is -2.56. The number of benzene rings is 3. The number of hydrogen-bond donors (Lipinski definition) is 2. The number of fused-ring (bicyclic) bond motifs is 1. The van der Waals surface area contributed by atoms with Crippen LogP contribution in [0.4, 0.5) is 0 Å². The van der Waals surface area contributed by atoms with Gasteiger partial charge in [-0.25, -0.2) is 9.59 Å². The average Bonchev–Trinajstić information content (AvgIpc) is 2.74. The number of carbonyl (C=O) groups is 2. The van der Waals surface area contributed by atoms with E-state index < -0.39 is 58.7 Å². The molecule has 0 unspecified atom stereocenters. The largest absolute Gasteiger partial charge is 1.00 e. The zero-order chi connectivity index (χ0) is 23.8. The fraction of sp³-hybridized carbons (Fsp3) is 0.100.